The van der Waals surface area contributed by atoms with Crippen molar-refractivity contribution in [3.8, 4) is 11.8 Å². The first-order valence-corrected chi connectivity index (χ1v) is 4.75. The molecule has 2 nitrogen and oxygen atoms in total. The van der Waals surface area contributed by atoms with Crippen LogP contribution in [-0.2, 0) is 0 Å². The summed E-state index contributed by atoms with van der Waals surface area (Å²) in [5.41, 5.74) is 1.47. The topological polar surface area (TPSA) is 33.0 Å². The molecule has 3 heteroatoms. The number of rotatable bonds is 2. The second-order valence-electron chi connectivity index (χ2n) is 3.34. The Morgan fingerprint density at radius 1 is 1.43 bits per heavy atom. The molecule has 0 bridgehead atoms. The predicted octanol–water partition coefficient (Wildman–Crippen LogP) is 3.34. The molecule has 1 rings (SSSR count). The largest absolute Gasteiger partial charge is 0.497 e. The molecule has 0 N–H and O–H groups in total. The zero-order valence-corrected chi connectivity index (χ0v) is 9.22. The van der Waals surface area contributed by atoms with Crippen LogP contribution in [0.15, 0.2) is 12.1 Å². The van der Waals surface area contributed by atoms with Crippen LogP contribution in [0.3, 0.4) is 0 Å². The Kier molecular flexibility index (Phi) is 3.38. The van der Waals surface area contributed by atoms with Crippen LogP contribution in [0.1, 0.15) is 30.9 Å². The highest BCUT2D eigenvalue weighted by atomic mass is 35.5. The fraction of sp³-hybridized carbons (Fsp3) is 0.364. The van der Waals surface area contributed by atoms with Gasteiger partial charge < -0.3 is 4.74 Å². The Morgan fingerprint density at radius 2 is 2.07 bits per heavy atom. The van der Waals surface area contributed by atoms with E-state index in [-0.39, 0.29) is 5.92 Å². The first-order chi connectivity index (χ1) is 6.60. The monoisotopic (exact) mass is 209 g/mol. The Labute approximate surface area is 89.1 Å². The maximum Gasteiger partial charge on any atom is 0.121 e. The summed E-state index contributed by atoms with van der Waals surface area (Å²) in [7, 11) is 1.56. The summed E-state index contributed by atoms with van der Waals surface area (Å²) < 4.78 is 5.04. The molecular weight excluding hydrogens is 198 g/mol. The number of halogens is 1. The smallest absolute Gasteiger partial charge is 0.121 e. The van der Waals surface area contributed by atoms with E-state index in [1.54, 1.807) is 19.2 Å². The summed E-state index contributed by atoms with van der Waals surface area (Å²) in [4.78, 5) is 0. The highest BCUT2D eigenvalue weighted by molar-refractivity contribution is 6.31. The minimum atomic E-state index is 0.239. The average Bonchev–Trinajstić information content (AvgIpc) is 2.15. The van der Waals surface area contributed by atoms with Crippen LogP contribution in [0.5, 0.6) is 5.75 Å². The summed E-state index contributed by atoms with van der Waals surface area (Å²) in [6.07, 6.45) is 0. The molecule has 0 atom stereocenters. The van der Waals surface area contributed by atoms with Crippen molar-refractivity contribution >= 4 is 11.6 Å². The molecule has 0 spiro atoms. The molecule has 0 aromatic heterocycles. The van der Waals surface area contributed by atoms with Crippen molar-refractivity contribution in [3.05, 3.63) is 28.3 Å². The van der Waals surface area contributed by atoms with Crippen LogP contribution in [0.25, 0.3) is 0 Å². The fourth-order valence-corrected chi connectivity index (χ4v) is 1.82. The normalized spacial score (nSPS) is 10.0. The number of methoxy groups -OCH3 is 1. The van der Waals surface area contributed by atoms with E-state index in [0.29, 0.717) is 16.3 Å². The molecule has 14 heavy (non-hydrogen) atoms. The van der Waals surface area contributed by atoms with E-state index in [1.165, 1.54) is 0 Å². The van der Waals surface area contributed by atoms with Gasteiger partial charge in [-0.2, -0.15) is 5.26 Å². The van der Waals surface area contributed by atoms with Gasteiger partial charge in [0.2, 0.25) is 0 Å². The van der Waals surface area contributed by atoms with Gasteiger partial charge in [0, 0.05) is 5.02 Å². The molecule has 74 valence electrons. The molecule has 0 aliphatic heterocycles. The van der Waals surface area contributed by atoms with Gasteiger partial charge in [0.25, 0.3) is 0 Å². The average molecular weight is 210 g/mol. The molecule has 0 saturated heterocycles. The Hall–Kier alpha value is -1.20. The lowest BCUT2D eigenvalue weighted by Gasteiger charge is -2.11. The van der Waals surface area contributed by atoms with Gasteiger partial charge in [-0.25, -0.2) is 0 Å². The summed E-state index contributed by atoms with van der Waals surface area (Å²) in [6, 6.07) is 5.57. The van der Waals surface area contributed by atoms with E-state index in [9.17, 15) is 0 Å². The van der Waals surface area contributed by atoms with Gasteiger partial charge in [0.05, 0.1) is 18.7 Å². The number of benzene rings is 1. The van der Waals surface area contributed by atoms with E-state index in [1.807, 2.05) is 13.8 Å². The quantitative estimate of drug-likeness (QED) is 0.749. The molecule has 1 aromatic rings. The molecule has 0 fully saturated rings. The first-order valence-electron chi connectivity index (χ1n) is 4.37. The van der Waals surface area contributed by atoms with Crippen LogP contribution >= 0.6 is 11.6 Å². The maximum atomic E-state index is 8.95. The highest BCUT2D eigenvalue weighted by Gasteiger charge is 2.12. The summed E-state index contributed by atoms with van der Waals surface area (Å²) in [6.45, 7) is 4.02. The van der Waals surface area contributed by atoms with Gasteiger partial charge in [-0.1, -0.05) is 25.4 Å². The van der Waals surface area contributed by atoms with Crippen molar-refractivity contribution in [1.82, 2.24) is 0 Å². The number of hydrogen-bond donors (Lipinski definition) is 0. The maximum absolute atomic E-state index is 8.95. The fourth-order valence-electron chi connectivity index (χ4n) is 1.39. The summed E-state index contributed by atoms with van der Waals surface area (Å²) >= 11 is 6.06. The third kappa shape index (κ3) is 2.00. The number of ether oxygens (including phenoxy) is 1. The second-order valence-corrected chi connectivity index (χ2v) is 3.74. The van der Waals surface area contributed by atoms with Crippen molar-refractivity contribution in [2.75, 3.05) is 7.11 Å². The van der Waals surface area contributed by atoms with Crippen LogP contribution in [0, 0.1) is 11.3 Å². The number of hydrogen-bond acceptors (Lipinski definition) is 2. The van der Waals surface area contributed by atoms with Crippen LogP contribution in [-0.4, -0.2) is 7.11 Å². The molecule has 0 radical (unpaired) electrons. The van der Waals surface area contributed by atoms with Crippen molar-refractivity contribution in [2.24, 2.45) is 0 Å². The summed E-state index contributed by atoms with van der Waals surface area (Å²) in [5.74, 6) is 0.860. The third-order valence-electron chi connectivity index (χ3n) is 2.04. The molecule has 0 amide bonds. The summed E-state index contributed by atoms with van der Waals surface area (Å²) in [5, 5.41) is 9.54. The minimum Gasteiger partial charge on any atom is -0.497 e. The Bertz CT molecular complexity index is 380. The molecule has 1 aromatic carbocycles. The molecule has 0 heterocycles. The molecule has 0 unspecified atom stereocenters. The SMILES string of the molecule is COc1cc(Cl)c(C(C)C)c(C#N)c1. The van der Waals surface area contributed by atoms with Crippen LogP contribution < -0.4 is 4.74 Å². The third-order valence-corrected chi connectivity index (χ3v) is 2.35. The Morgan fingerprint density at radius 3 is 2.50 bits per heavy atom. The second kappa shape index (κ2) is 4.34. The lowest BCUT2D eigenvalue weighted by molar-refractivity contribution is 0.414. The zero-order chi connectivity index (χ0) is 10.7. The molecular formula is C11H12ClNO. The standard InChI is InChI=1S/C11H12ClNO/c1-7(2)11-8(6-13)4-9(14-3)5-10(11)12/h4-5,7H,1-3H3. The highest BCUT2D eigenvalue weighted by Crippen LogP contribution is 2.31. The van der Waals surface area contributed by atoms with Crippen molar-refractivity contribution in [2.45, 2.75) is 19.8 Å². The van der Waals surface area contributed by atoms with E-state index >= 15 is 0 Å². The zero-order valence-electron chi connectivity index (χ0n) is 8.47. The van der Waals surface area contributed by atoms with Crippen molar-refractivity contribution in [3.63, 3.8) is 0 Å². The van der Waals surface area contributed by atoms with Gasteiger partial charge in [0.15, 0.2) is 0 Å². The molecule has 0 saturated carbocycles. The van der Waals surface area contributed by atoms with E-state index in [2.05, 4.69) is 6.07 Å². The molecule has 0 aliphatic rings. The van der Waals surface area contributed by atoms with Gasteiger partial charge in [-0.3, -0.25) is 0 Å². The molecule has 0 aliphatic carbocycles. The first kappa shape index (κ1) is 10.9. The lowest BCUT2D eigenvalue weighted by Crippen LogP contribution is -1.95. The van der Waals surface area contributed by atoms with Crippen LogP contribution in [0.4, 0.5) is 0 Å². The van der Waals surface area contributed by atoms with Gasteiger partial charge >= 0.3 is 0 Å². The van der Waals surface area contributed by atoms with Crippen molar-refractivity contribution in [1.29, 1.82) is 5.26 Å². The minimum absolute atomic E-state index is 0.239. The van der Waals surface area contributed by atoms with Crippen molar-refractivity contribution < 1.29 is 4.74 Å². The Balaban J connectivity index is 3.37. The predicted molar refractivity (Wildman–Crippen MR) is 56.8 cm³/mol. The van der Waals surface area contributed by atoms with Gasteiger partial charge in [-0.15, -0.1) is 0 Å². The van der Waals surface area contributed by atoms with Gasteiger partial charge in [-0.05, 0) is 23.6 Å². The van der Waals surface area contributed by atoms with E-state index in [4.69, 9.17) is 21.6 Å². The van der Waals surface area contributed by atoms with E-state index < -0.39 is 0 Å². The number of nitriles is 1. The van der Waals surface area contributed by atoms with E-state index in [0.717, 1.165) is 5.56 Å². The number of nitrogens with zero attached hydrogens (tertiary/aromatic N) is 1. The lowest BCUT2D eigenvalue weighted by atomic mass is 9.97. The van der Waals surface area contributed by atoms with Gasteiger partial charge in [0.1, 0.15) is 5.75 Å². The van der Waals surface area contributed by atoms with Crippen LogP contribution in [0.2, 0.25) is 5.02 Å².